The Bertz CT molecular complexity index is 1850. The SMILES string of the molecule is O=S(=O)(Nc1cc(Sc2ncnc3nc[nH]c23)c(O)c2ccccc12)c1cccc2ccccc12. The lowest BCUT2D eigenvalue weighted by atomic mass is 10.1. The highest BCUT2D eigenvalue weighted by Gasteiger charge is 2.21. The summed E-state index contributed by atoms with van der Waals surface area (Å²) >= 11 is 1.19. The number of sulfonamides is 1. The van der Waals surface area contributed by atoms with E-state index in [0.717, 1.165) is 5.39 Å². The van der Waals surface area contributed by atoms with Crippen molar-refractivity contribution >= 4 is 60.2 Å². The van der Waals surface area contributed by atoms with Gasteiger partial charge in [0.2, 0.25) is 0 Å². The third-order valence-electron chi connectivity index (χ3n) is 5.66. The molecule has 0 saturated carbocycles. The zero-order valence-electron chi connectivity index (χ0n) is 18.0. The summed E-state index contributed by atoms with van der Waals surface area (Å²) in [6.07, 6.45) is 2.92. The normalized spacial score (nSPS) is 11.9. The molecule has 0 bridgehead atoms. The number of H-pyrrole nitrogens is 1. The Morgan fingerprint density at radius 1 is 0.857 bits per heavy atom. The van der Waals surface area contributed by atoms with Crippen LogP contribution in [0.2, 0.25) is 0 Å². The molecule has 0 atom stereocenters. The van der Waals surface area contributed by atoms with Gasteiger partial charge in [-0.15, -0.1) is 0 Å². The monoisotopic (exact) mass is 499 g/mol. The van der Waals surface area contributed by atoms with Crippen LogP contribution in [0.25, 0.3) is 32.7 Å². The molecule has 0 aliphatic rings. The van der Waals surface area contributed by atoms with Gasteiger partial charge in [-0.2, -0.15) is 0 Å². The molecule has 6 rings (SSSR count). The lowest BCUT2D eigenvalue weighted by molar-refractivity contribution is 0.469. The van der Waals surface area contributed by atoms with Gasteiger partial charge in [-0.3, -0.25) is 4.72 Å². The number of hydrogen-bond acceptors (Lipinski definition) is 7. The molecule has 8 nitrogen and oxygen atoms in total. The van der Waals surface area contributed by atoms with E-state index >= 15 is 0 Å². The highest BCUT2D eigenvalue weighted by atomic mass is 32.2. The first kappa shape index (κ1) is 21.4. The molecule has 0 fully saturated rings. The summed E-state index contributed by atoms with van der Waals surface area (Å²) in [6, 6.07) is 21.2. The van der Waals surface area contributed by atoms with E-state index in [1.165, 1.54) is 24.4 Å². The summed E-state index contributed by atoms with van der Waals surface area (Å²) in [5.41, 5.74) is 1.48. The number of aromatic amines is 1. The number of nitrogens with zero attached hydrogens (tertiary/aromatic N) is 3. The highest BCUT2D eigenvalue weighted by molar-refractivity contribution is 7.99. The molecule has 6 aromatic rings. The van der Waals surface area contributed by atoms with Crippen LogP contribution in [0.4, 0.5) is 5.69 Å². The van der Waals surface area contributed by atoms with Crippen molar-refractivity contribution in [2.45, 2.75) is 14.8 Å². The van der Waals surface area contributed by atoms with Gasteiger partial charge in [0.15, 0.2) is 5.65 Å². The van der Waals surface area contributed by atoms with Crippen LogP contribution in [-0.4, -0.2) is 33.5 Å². The van der Waals surface area contributed by atoms with Crippen LogP contribution < -0.4 is 4.72 Å². The van der Waals surface area contributed by atoms with E-state index in [1.54, 1.807) is 48.5 Å². The number of anilines is 1. The van der Waals surface area contributed by atoms with E-state index in [1.807, 2.05) is 24.3 Å². The molecule has 0 saturated heterocycles. The van der Waals surface area contributed by atoms with Crippen molar-refractivity contribution in [2.24, 2.45) is 0 Å². The van der Waals surface area contributed by atoms with Crippen LogP contribution in [0.3, 0.4) is 0 Å². The molecule has 4 aromatic carbocycles. The minimum atomic E-state index is -3.94. The smallest absolute Gasteiger partial charge is 0.262 e. The number of nitrogens with one attached hydrogen (secondary N) is 2. The maximum atomic E-state index is 13.5. The fourth-order valence-electron chi connectivity index (χ4n) is 4.05. The number of imidazole rings is 1. The quantitative estimate of drug-likeness (QED) is 0.217. The van der Waals surface area contributed by atoms with Crippen LogP contribution in [0.5, 0.6) is 5.75 Å². The number of fused-ring (bicyclic) bond motifs is 3. The third kappa shape index (κ3) is 3.72. The molecule has 2 aromatic heterocycles. The molecule has 0 radical (unpaired) electrons. The molecule has 0 spiro atoms. The number of phenols is 1. The summed E-state index contributed by atoms with van der Waals surface area (Å²) in [4.78, 5) is 16.2. The summed E-state index contributed by atoms with van der Waals surface area (Å²) in [5.74, 6) is 0.0324. The number of benzene rings is 4. The molecule has 3 N–H and O–H groups in total. The zero-order valence-corrected chi connectivity index (χ0v) is 19.6. The van der Waals surface area contributed by atoms with E-state index in [2.05, 4.69) is 24.7 Å². The van der Waals surface area contributed by atoms with Crippen molar-refractivity contribution in [3.63, 3.8) is 0 Å². The number of aromatic hydroxyl groups is 1. The number of rotatable bonds is 5. The minimum absolute atomic E-state index is 0.0324. The van der Waals surface area contributed by atoms with Gasteiger partial charge in [-0.1, -0.05) is 72.4 Å². The molecule has 0 aliphatic carbocycles. The zero-order chi connectivity index (χ0) is 24.0. The summed E-state index contributed by atoms with van der Waals surface area (Å²) in [6.45, 7) is 0. The Morgan fingerprint density at radius 2 is 1.60 bits per heavy atom. The van der Waals surface area contributed by atoms with Crippen LogP contribution in [0, 0.1) is 0 Å². The Kier molecular flexibility index (Phi) is 5.05. The van der Waals surface area contributed by atoms with E-state index < -0.39 is 10.0 Å². The molecule has 0 aliphatic heterocycles. The topological polar surface area (TPSA) is 121 Å². The first-order chi connectivity index (χ1) is 17.0. The lowest BCUT2D eigenvalue weighted by Gasteiger charge is -2.15. The molecule has 172 valence electrons. The predicted octanol–water partition coefficient (Wildman–Crippen LogP) is 5.32. The fraction of sp³-hybridized carbons (Fsp3) is 0. The average molecular weight is 500 g/mol. The largest absolute Gasteiger partial charge is 0.506 e. The van der Waals surface area contributed by atoms with Crippen LogP contribution in [0.1, 0.15) is 0 Å². The Balaban J connectivity index is 1.49. The van der Waals surface area contributed by atoms with Crippen molar-refractivity contribution in [1.82, 2.24) is 19.9 Å². The average Bonchev–Trinajstić information content (AvgIpc) is 3.36. The van der Waals surface area contributed by atoms with Gasteiger partial charge in [0.1, 0.15) is 22.6 Å². The highest BCUT2D eigenvalue weighted by Crippen LogP contribution is 2.43. The van der Waals surface area contributed by atoms with Gasteiger partial charge in [-0.25, -0.2) is 23.4 Å². The first-order valence-corrected chi connectivity index (χ1v) is 12.9. The summed E-state index contributed by atoms with van der Waals surface area (Å²) < 4.78 is 29.8. The lowest BCUT2D eigenvalue weighted by Crippen LogP contribution is -2.13. The Morgan fingerprint density at radius 3 is 2.46 bits per heavy atom. The van der Waals surface area contributed by atoms with Crippen molar-refractivity contribution in [3.05, 3.63) is 85.5 Å². The maximum Gasteiger partial charge on any atom is 0.262 e. The van der Waals surface area contributed by atoms with Gasteiger partial charge in [0, 0.05) is 16.2 Å². The van der Waals surface area contributed by atoms with Crippen LogP contribution >= 0.6 is 11.8 Å². The van der Waals surface area contributed by atoms with Gasteiger partial charge >= 0.3 is 0 Å². The van der Waals surface area contributed by atoms with Crippen molar-refractivity contribution in [2.75, 3.05) is 4.72 Å². The molecule has 35 heavy (non-hydrogen) atoms. The molecular formula is C25H17N5O3S2. The van der Waals surface area contributed by atoms with Gasteiger partial charge in [0.05, 0.1) is 21.8 Å². The molecule has 0 unspecified atom stereocenters. The van der Waals surface area contributed by atoms with E-state index in [4.69, 9.17) is 0 Å². The van der Waals surface area contributed by atoms with Gasteiger partial charge in [0.25, 0.3) is 10.0 Å². The van der Waals surface area contributed by atoms with Crippen molar-refractivity contribution in [1.29, 1.82) is 0 Å². The standard InChI is InChI=1S/C25H17N5O3S2/c31-23-18-10-4-3-9-17(18)19(12-20(23)34-25-22-24(27-13-26-22)28-14-29-25)30-35(32,33)21-11-5-7-15-6-1-2-8-16(15)21/h1-14,30-31H,(H,26,27,28,29). The Labute approximate surface area is 204 Å². The maximum absolute atomic E-state index is 13.5. The van der Waals surface area contributed by atoms with Crippen molar-refractivity contribution < 1.29 is 13.5 Å². The second-order valence-corrected chi connectivity index (χ2v) is 10.5. The second kappa shape index (κ2) is 8.26. The van der Waals surface area contributed by atoms with Crippen molar-refractivity contribution in [3.8, 4) is 5.75 Å². The minimum Gasteiger partial charge on any atom is -0.506 e. The third-order valence-corrected chi connectivity index (χ3v) is 8.12. The molecule has 10 heteroatoms. The number of hydrogen-bond donors (Lipinski definition) is 3. The van der Waals surface area contributed by atoms with Crippen LogP contribution in [0.15, 0.2) is 100 Å². The van der Waals surface area contributed by atoms with E-state index in [-0.39, 0.29) is 10.6 Å². The summed E-state index contributed by atoms with van der Waals surface area (Å²) in [7, 11) is -3.94. The van der Waals surface area contributed by atoms with Gasteiger partial charge in [-0.05, 0) is 17.5 Å². The number of phenolic OH excluding ortho intramolecular Hbond substituents is 1. The molecular weight excluding hydrogens is 482 g/mol. The van der Waals surface area contributed by atoms with Crippen LogP contribution in [-0.2, 0) is 10.0 Å². The second-order valence-electron chi connectivity index (χ2n) is 7.78. The first-order valence-electron chi connectivity index (χ1n) is 10.6. The van der Waals surface area contributed by atoms with E-state index in [0.29, 0.717) is 42.9 Å². The molecule has 2 heterocycles. The number of aromatic nitrogens is 4. The van der Waals surface area contributed by atoms with Gasteiger partial charge < -0.3 is 10.1 Å². The predicted molar refractivity (Wildman–Crippen MR) is 136 cm³/mol. The fourth-order valence-corrected chi connectivity index (χ4v) is 6.30. The molecule has 0 amide bonds. The Hall–Kier alpha value is -4.15. The summed E-state index contributed by atoms with van der Waals surface area (Å²) in [5, 5.41) is 14.2. The van der Waals surface area contributed by atoms with E-state index in [9.17, 15) is 13.5 Å².